The molecule has 6 heteroatoms. The second-order valence-corrected chi connectivity index (χ2v) is 5.82. The van der Waals surface area contributed by atoms with Crippen molar-refractivity contribution >= 4 is 34.8 Å². The maximum absolute atomic E-state index is 11.7. The van der Waals surface area contributed by atoms with E-state index in [0.29, 0.717) is 16.4 Å². The molecule has 0 heterocycles. The molecule has 106 valence electrons. The quantitative estimate of drug-likeness (QED) is 0.818. The van der Waals surface area contributed by atoms with Gasteiger partial charge in [-0.25, -0.2) is 4.79 Å². The standard InChI is InChI=1S/C13H20ClN3O2/c1-13(2,3)19-12(18)16-10-7-11(17(4)5)8(14)6-9(10)15/h6-7H,15H2,1-5H3,(H,16,18). The van der Waals surface area contributed by atoms with Crippen LogP contribution in [0.3, 0.4) is 0 Å². The number of hydrogen-bond donors (Lipinski definition) is 2. The van der Waals surface area contributed by atoms with Gasteiger partial charge in [-0.05, 0) is 32.9 Å². The van der Waals surface area contributed by atoms with Crippen molar-refractivity contribution in [2.45, 2.75) is 26.4 Å². The van der Waals surface area contributed by atoms with Crippen molar-refractivity contribution in [3.63, 3.8) is 0 Å². The molecule has 19 heavy (non-hydrogen) atoms. The Morgan fingerprint density at radius 1 is 1.37 bits per heavy atom. The fourth-order valence-electron chi connectivity index (χ4n) is 1.44. The molecular formula is C13H20ClN3O2. The van der Waals surface area contributed by atoms with Crippen LogP contribution in [0.2, 0.25) is 5.02 Å². The Kier molecular flexibility index (Phi) is 4.52. The van der Waals surface area contributed by atoms with E-state index in [9.17, 15) is 4.79 Å². The van der Waals surface area contributed by atoms with E-state index in [-0.39, 0.29) is 0 Å². The smallest absolute Gasteiger partial charge is 0.412 e. The Morgan fingerprint density at radius 3 is 2.42 bits per heavy atom. The van der Waals surface area contributed by atoms with Gasteiger partial charge in [-0.15, -0.1) is 0 Å². The molecule has 0 unspecified atom stereocenters. The second-order valence-electron chi connectivity index (χ2n) is 5.41. The molecule has 0 aromatic heterocycles. The van der Waals surface area contributed by atoms with Crippen molar-refractivity contribution in [3.8, 4) is 0 Å². The Hall–Kier alpha value is -1.62. The van der Waals surface area contributed by atoms with Crippen molar-refractivity contribution in [2.75, 3.05) is 30.0 Å². The summed E-state index contributed by atoms with van der Waals surface area (Å²) in [6.45, 7) is 5.38. The summed E-state index contributed by atoms with van der Waals surface area (Å²) in [5.74, 6) is 0. The summed E-state index contributed by atoms with van der Waals surface area (Å²) in [4.78, 5) is 13.5. The number of ether oxygens (including phenoxy) is 1. The molecular weight excluding hydrogens is 266 g/mol. The van der Waals surface area contributed by atoms with Gasteiger partial charge in [-0.2, -0.15) is 0 Å². The van der Waals surface area contributed by atoms with Gasteiger partial charge >= 0.3 is 6.09 Å². The molecule has 0 saturated heterocycles. The summed E-state index contributed by atoms with van der Waals surface area (Å²) < 4.78 is 5.18. The molecule has 5 nitrogen and oxygen atoms in total. The maximum Gasteiger partial charge on any atom is 0.412 e. The number of anilines is 3. The Balaban J connectivity index is 2.95. The molecule has 0 aliphatic rings. The fraction of sp³-hybridized carbons (Fsp3) is 0.462. The van der Waals surface area contributed by atoms with Crippen LogP contribution in [0.15, 0.2) is 12.1 Å². The van der Waals surface area contributed by atoms with Crippen molar-refractivity contribution in [2.24, 2.45) is 0 Å². The van der Waals surface area contributed by atoms with E-state index in [1.807, 2.05) is 19.0 Å². The van der Waals surface area contributed by atoms with Gasteiger partial charge in [0.05, 0.1) is 22.1 Å². The van der Waals surface area contributed by atoms with Crippen molar-refractivity contribution in [1.82, 2.24) is 0 Å². The van der Waals surface area contributed by atoms with Gasteiger partial charge in [-0.3, -0.25) is 5.32 Å². The van der Waals surface area contributed by atoms with Crippen LogP contribution in [-0.4, -0.2) is 25.8 Å². The average molecular weight is 286 g/mol. The highest BCUT2D eigenvalue weighted by Crippen LogP contribution is 2.32. The molecule has 0 fully saturated rings. The number of nitrogen functional groups attached to an aromatic ring is 1. The molecule has 0 aliphatic heterocycles. The third kappa shape index (κ3) is 4.52. The molecule has 1 rings (SSSR count). The van der Waals surface area contributed by atoms with E-state index in [2.05, 4.69) is 5.32 Å². The normalized spacial score (nSPS) is 11.1. The number of rotatable bonds is 2. The molecule has 0 spiro atoms. The van der Waals surface area contributed by atoms with Crippen LogP contribution in [0.1, 0.15) is 20.8 Å². The number of hydrogen-bond acceptors (Lipinski definition) is 4. The topological polar surface area (TPSA) is 67.6 Å². The van der Waals surface area contributed by atoms with E-state index in [4.69, 9.17) is 22.1 Å². The van der Waals surface area contributed by atoms with Gasteiger partial charge in [-0.1, -0.05) is 11.6 Å². The molecule has 0 aliphatic carbocycles. The van der Waals surface area contributed by atoms with Crippen LogP contribution in [-0.2, 0) is 4.74 Å². The minimum absolute atomic E-state index is 0.390. The average Bonchev–Trinajstić information content (AvgIpc) is 2.18. The predicted molar refractivity (Wildman–Crippen MR) is 80.0 cm³/mol. The van der Waals surface area contributed by atoms with Gasteiger partial charge in [0.25, 0.3) is 0 Å². The molecule has 0 atom stereocenters. The molecule has 1 aromatic rings. The number of nitrogens with zero attached hydrogens (tertiary/aromatic N) is 1. The van der Waals surface area contributed by atoms with Crippen LogP contribution < -0.4 is 16.0 Å². The predicted octanol–water partition coefficient (Wildman–Crippen LogP) is 3.34. The lowest BCUT2D eigenvalue weighted by molar-refractivity contribution is 0.0636. The number of benzene rings is 1. The monoisotopic (exact) mass is 285 g/mol. The van der Waals surface area contributed by atoms with E-state index < -0.39 is 11.7 Å². The molecule has 0 saturated carbocycles. The van der Waals surface area contributed by atoms with Crippen LogP contribution in [0, 0.1) is 0 Å². The van der Waals surface area contributed by atoms with Crippen molar-refractivity contribution in [1.29, 1.82) is 0 Å². The van der Waals surface area contributed by atoms with Crippen molar-refractivity contribution in [3.05, 3.63) is 17.2 Å². The molecule has 0 radical (unpaired) electrons. The van der Waals surface area contributed by atoms with Crippen LogP contribution in [0.25, 0.3) is 0 Å². The minimum Gasteiger partial charge on any atom is -0.444 e. The number of halogens is 1. The lowest BCUT2D eigenvalue weighted by atomic mass is 10.2. The summed E-state index contributed by atoms with van der Waals surface area (Å²) in [5.41, 5.74) is 6.90. The zero-order valence-corrected chi connectivity index (χ0v) is 12.6. The number of carbonyl (C=O) groups excluding carboxylic acids is 1. The summed E-state index contributed by atoms with van der Waals surface area (Å²) in [5, 5.41) is 3.14. The molecule has 3 N–H and O–H groups in total. The zero-order valence-electron chi connectivity index (χ0n) is 11.9. The van der Waals surface area contributed by atoms with Crippen LogP contribution in [0.5, 0.6) is 0 Å². The van der Waals surface area contributed by atoms with Crippen LogP contribution >= 0.6 is 11.6 Å². The Bertz CT molecular complexity index is 482. The summed E-state index contributed by atoms with van der Waals surface area (Å²) in [6, 6.07) is 3.31. The second kappa shape index (κ2) is 5.57. The largest absolute Gasteiger partial charge is 0.444 e. The van der Waals surface area contributed by atoms with Gasteiger partial charge in [0.2, 0.25) is 0 Å². The number of nitrogens with two attached hydrogens (primary N) is 1. The van der Waals surface area contributed by atoms with Crippen molar-refractivity contribution < 1.29 is 9.53 Å². The summed E-state index contributed by atoms with van der Waals surface area (Å²) in [7, 11) is 3.71. The van der Waals surface area contributed by atoms with Crippen LogP contribution in [0.4, 0.5) is 21.9 Å². The van der Waals surface area contributed by atoms with E-state index >= 15 is 0 Å². The first kappa shape index (κ1) is 15.4. The SMILES string of the molecule is CN(C)c1cc(NC(=O)OC(C)(C)C)c(N)cc1Cl. The summed E-state index contributed by atoms with van der Waals surface area (Å²) in [6.07, 6.45) is -0.550. The zero-order chi connectivity index (χ0) is 14.8. The molecule has 1 aromatic carbocycles. The van der Waals surface area contributed by atoms with Gasteiger partial charge < -0.3 is 15.4 Å². The number of amides is 1. The van der Waals surface area contributed by atoms with Gasteiger partial charge in [0, 0.05) is 14.1 Å². The lowest BCUT2D eigenvalue weighted by Crippen LogP contribution is -2.27. The third-order valence-corrected chi connectivity index (χ3v) is 2.54. The van der Waals surface area contributed by atoms with Gasteiger partial charge in [0.1, 0.15) is 5.60 Å². The minimum atomic E-state index is -0.560. The highest BCUT2D eigenvalue weighted by atomic mass is 35.5. The first-order valence-electron chi connectivity index (χ1n) is 5.86. The molecule has 1 amide bonds. The fourth-order valence-corrected chi connectivity index (χ4v) is 1.78. The van der Waals surface area contributed by atoms with E-state index in [1.54, 1.807) is 32.9 Å². The highest BCUT2D eigenvalue weighted by Gasteiger charge is 2.17. The summed E-state index contributed by atoms with van der Waals surface area (Å²) >= 11 is 6.07. The lowest BCUT2D eigenvalue weighted by Gasteiger charge is -2.21. The number of carbonyl (C=O) groups is 1. The molecule has 0 bridgehead atoms. The third-order valence-electron chi connectivity index (χ3n) is 2.24. The highest BCUT2D eigenvalue weighted by molar-refractivity contribution is 6.33. The Labute approximate surface area is 118 Å². The first-order valence-corrected chi connectivity index (χ1v) is 6.24. The maximum atomic E-state index is 11.7. The van der Waals surface area contributed by atoms with Gasteiger partial charge in [0.15, 0.2) is 0 Å². The number of nitrogens with one attached hydrogen (secondary N) is 1. The van der Waals surface area contributed by atoms with E-state index in [0.717, 1.165) is 5.69 Å². The Morgan fingerprint density at radius 2 is 1.95 bits per heavy atom. The first-order chi connectivity index (χ1) is 8.60. The van der Waals surface area contributed by atoms with E-state index in [1.165, 1.54) is 0 Å².